The van der Waals surface area contributed by atoms with Gasteiger partial charge < -0.3 is 15.6 Å². The Morgan fingerprint density at radius 2 is 2.25 bits per heavy atom. The van der Waals surface area contributed by atoms with Crippen molar-refractivity contribution in [3.05, 3.63) is 33.9 Å². The molecule has 0 radical (unpaired) electrons. The van der Waals surface area contributed by atoms with Crippen LogP contribution in [0.25, 0.3) is 0 Å². The smallest absolute Gasteiger partial charge is 0.327 e. The summed E-state index contributed by atoms with van der Waals surface area (Å²) in [5, 5.41) is 19.9. The second kappa shape index (κ2) is 4.58. The van der Waals surface area contributed by atoms with E-state index < -0.39 is 16.9 Å². The van der Waals surface area contributed by atoms with E-state index in [9.17, 15) is 20.0 Å². The number of hydrogen-bond acceptors (Lipinski definition) is 6. The monoisotopic (exact) mass is 226 g/mol. The largest absolute Gasteiger partial charge is 0.508 e. The molecule has 3 N–H and O–H groups in total. The molecule has 0 amide bonds. The second-order valence-electron chi connectivity index (χ2n) is 3.00. The summed E-state index contributed by atoms with van der Waals surface area (Å²) < 4.78 is 4.37. The van der Waals surface area contributed by atoms with Crippen molar-refractivity contribution in [1.29, 1.82) is 0 Å². The van der Waals surface area contributed by atoms with Crippen molar-refractivity contribution in [1.82, 2.24) is 0 Å². The Balaban J connectivity index is 3.24. The fourth-order valence-corrected chi connectivity index (χ4v) is 1.21. The summed E-state index contributed by atoms with van der Waals surface area (Å²) in [6, 6.07) is 2.00. The fourth-order valence-electron chi connectivity index (χ4n) is 1.21. The molecule has 86 valence electrons. The Labute approximate surface area is 90.6 Å². The van der Waals surface area contributed by atoms with E-state index in [0.29, 0.717) is 0 Å². The Morgan fingerprint density at radius 1 is 1.62 bits per heavy atom. The first-order valence-electron chi connectivity index (χ1n) is 4.28. The van der Waals surface area contributed by atoms with Crippen LogP contribution in [0.4, 0.5) is 5.69 Å². The molecule has 0 bridgehead atoms. The molecule has 7 nitrogen and oxygen atoms in total. The van der Waals surface area contributed by atoms with Crippen molar-refractivity contribution in [3.8, 4) is 5.75 Å². The standard InChI is InChI=1S/C9H10N2O5/c1-16-9(13)8(10)6-4-5(12)2-3-7(6)11(14)15/h2-4,8,12H,10H2,1H3/t8-/m1/s1. The van der Waals surface area contributed by atoms with Gasteiger partial charge in [0, 0.05) is 6.07 Å². The van der Waals surface area contributed by atoms with Gasteiger partial charge >= 0.3 is 5.97 Å². The number of carbonyl (C=O) groups is 1. The van der Waals surface area contributed by atoms with Gasteiger partial charge in [-0.1, -0.05) is 0 Å². The van der Waals surface area contributed by atoms with E-state index in [1.807, 2.05) is 0 Å². The number of esters is 1. The van der Waals surface area contributed by atoms with Crippen LogP contribution < -0.4 is 5.73 Å². The summed E-state index contributed by atoms with van der Waals surface area (Å²) in [5.74, 6) is -1.02. The van der Waals surface area contributed by atoms with Crippen LogP contribution in [0.3, 0.4) is 0 Å². The molecule has 0 heterocycles. The lowest BCUT2D eigenvalue weighted by Gasteiger charge is -2.10. The highest BCUT2D eigenvalue weighted by atomic mass is 16.6. The van der Waals surface area contributed by atoms with Crippen molar-refractivity contribution in [2.75, 3.05) is 7.11 Å². The zero-order valence-electron chi connectivity index (χ0n) is 8.41. The number of nitro groups is 1. The van der Waals surface area contributed by atoms with E-state index in [4.69, 9.17) is 5.73 Å². The molecule has 0 aliphatic rings. The van der Waals surface area contributed by atoms with E-state index >= 15 is 0 Å². The van der Waals surface area contributed by atoms with E-state index in [-0.39, 0.29) is 17.0 Å². The number of methoxy groups -OCH3 is 1. The third kappa shape index (κ3) is 2.26. The van der Waals surface area contributed by atoms with Crippen LogP contribution in [0.1, 0.15) is 11.6 Å². The van der Waals surface area contributed by atoms with Crippen LogP contribution in [0.15, 0.2) is 18.2 Å². The van der Waals surface area contributed by atoms with Gasteiger partial charge in [-0.15, -0.1) is 0 Å². The van der Waals surface area contributed by atoms with Gasteiger partial charge in [-0.3, -0.25) is 10.1 Å². The Kier molecular flexibility index (Phi) is 3.41. The van der Waals surface area contributed by atoms with Crippen LogP contribution in [-0.2, 0) is 9.53 Å². The third-order valence-electron chi connectivity index (χ3n) is 2.00. The summed E-state index contributed by atoms with van der Waals surface area (Å²) in [4.78, 5) is 21.1. The van der Waals surface area contributed by atoms with Gasteiger partial charge in [-0.25, -0.2) is 4.79 Å². The summed E-state index contributed by atoms with van der Waals surface area (Å²) in [6.45, 7) is 0. The van der Waals surface area contributed by atoms with Crippen LogP contribution in [0.5, 0.6) is 5.75 Å². The highest BCUT2D eigenvalue weighted by molar-refractivity contribution is 5.79. The molecule has 7 heteroatoms. The molecule has 0 saturated heterocycles. The van der Waals surface area contributed by atoms with E-state index in [2.05, 4.69) is 4.74 Å². The van der Waals surface area contributed by atoms with E-state index in [1.54, 1.807) is 0 Å². The highest BCUT2D eigenvalue weighted by Gasteiger charge is 2.25. The number of benzene rings is 1. The minimum Gasteiger partial charge on any atom is -0.508 e. The molecular formula is C9H10N2O5. The first-order chi connectivity index (χ1) is 7.47. The second-order valence-corrected chi connectivity index (χ2v) is 3.00. The van der Waals surface area contributed by atoms with Crippen LogP contribution >= 0.6 is 0 Å². The lowest BCUT2D eigenvalue weighted by molar-refractivity contribution is -0.385. The van der Waals surface area contributed by atoms with Gasteiger partial charge in [0.15, 0.2) is 0 Å². The fraction of sp³-hybridized carbons (Fsp3) is 0.222. The Hall–Kier alpha value is -2.15. The molecule has 0 fully saturated rings. The molecule has 0 spiro atoms. The molecule has 1 atom stereocenters. The summed E-state index contributed by atoms with van der Waals surface area (Å²) >= 11 is 0. The number of aromatic hydroxyl groups is 1. The maximum atomic E-state index is 11.1. The maximum Gasteiger partial charge on any atom is 0.327 e. The van der Waals surface area contributed by atoms with Gasteiger partial charge in [-0.05, 0) is 12.1 Å². The molecule has 16 heavy (non-hydrogen) atoms. The average molecular weight is 226 g/mol. The van der Waals surface area contributed by atoms with Gasteiger partial charge in [0.25, 0.3) is 5.69 Å². The van der Waals surface area contributed by atoms with Crippen LogP contribution in [0, 0.1) is 10.1 Å². The van der Waals surface area contributed by atoms with E-state index in [1.165, 1.54) is 0 Å². The molecule has 1 rings (SSSR count). The number of rotatable bonds is 3. The molecular weight excluding hydrogens is 216 g/mol. The quantitative estimate of drug-likeness (QED) is 0.439. The van der Waals surface area contributed by atoms with Gasteiger partial charge in [0.2, 0.25) is 0 Å². The summed E-state index contributed by atoms with van der Waals surface area (Å²) in [6.07, 6.45) is 0. The van der Waals surface area contributed by atoms with Crippen molar-refractivity contribution >= 4 is 11.7 Å². The SMILES string of the molecule is COC(=O)[C@H](N)c1cc(O)ccc1[N+](=O)[O-]. The van der Waals surface area contributed by atoms with Crippen molar-refractivity contribution in [3.63, 3.8) is 0 Å². The zero-order chi connectivity index (χ0) is 12.3. The van der Waals surface area contributed by atoms with Gasteiger partial charge in [0.05, 0.1) is 17.6 Å². The molecule has 0 unspecified atom stereocenters. The molecule has 0 saturated carbocycles. The first kappa shape index (κ1) is 11.9. The van der Waals surface area contributed by atoms with Crippen LogP contribution in [0.2, 0.25) is 0 Å². The number of hydrogen-bond donors (Lipinski definition) is 2. The zero-order valence-corrected chi connectivity index (χ0v) is 8.41. The summed E-state index contributed by atoms with van der Waals surface area (Å²) in [5.41, 5.74) is 5.04. The molecule has 0 aliphatic heterocycles. The molecule has 0 aromatic heterocycles. The lowest BCUT2D eigenvalue weighted by Crippen LogP contribution is -2.23. The minimum absolute atomic E-state index is 0.0862. The number of carbonyl (C=O) groups excluding carboxylic acids is 1. The maximum absolute atomic E-state index is 11.1. The summed E-state index contributed by atoms with van der Waals surface area (Å²) in [7, 11) is 1.12. The minimum atomic E-state index is -1.29. The first-order valence-corrected chi connectivity index (χ1v) is 4.28. The predicted molar refractivity (Wildman–Crippen MR) is 53.7 cm³/mol. The van der Waals surface area contributed by atoms with Crippen molar-refractivity contribution < 1.29 is 19.6 Å². The number of nitrogens with zero attached hydrogens (tertiary/aromatic N) is 1. The van der Waals surface area contributed by atoms with Gasteiger partial charge in [-0.2, -0.15) is 0 Å². The predicted octanol–water partition coefficient (Wildman–Crippen LogP) is 0.473. The number of nitro benzene ring substituents is 1. The number of ether oxygens (including phenoxy) is 1. The molecule has 1 aromatic carbocycles. The normalized spacial score (nSPS) is 11.9. The highest BCUT2D eigenvalue weighted by Crippen LogP contribution is 2.28. The number of nitrogens with two attached hydrogens (primary N) is 1. The topological polar surface area (TPSA) is 116 Å². The van der Waals surface area contributed by atoms with Crippen LogP contribution in [-0.4, -0.2) is 23.1 Å². The lowest BCUT2D eigenvalue weighted by atomic mass is 10.1. The molecule has 1 aromatic rings. The van der Waals surface area contributed by atoms with Gasteiger partial charge in [0.1, 0.15) is 11.8 Å². The Morgan fingerprint density at radius 3 is 2.75 bits per heavy atom. The third-order valence-corrected chi connectivity index (χ3v) is 2.00. The number of phenolic OH excluding ortho intramolecular Hbond substituents is 1. The molecule has 0 aliphatic carbocycles. The van der Waals surface area contributed by atoms with Crippen molar-refractivity contribution in [2.24, 2.45) is 5.73 Å². The van der Waals surface area contributed by atoms with E-state index in [0.717, 1.165) is 25.3 Å². The average Bonchev–Trinajstić information content (AvgIpc) is 2.26. The number of phenols is 1. The van der Waals surface area contributed by atoms with Crippen molar-refractivity contribution in [2.45, 2.75) is 6.04 Å². The Bertz CT molecular complexity index is 432.